The van der Waals surface area contributed by atoms with Crippen molar-refractivity contribution in [1.82, 2.24) is 4.90 Å². The highest BCUT2D eigenvalue weighted by atomic mass is 32.2. The van der Waals surface area contributed by atoms with Gasteiger partial charge in [0.1, 0.15) is 5.92 Å². The Hall–Kier alpha value is -2.23. The van der Waals surface area contributed by atoms with Crippen LogP contribution in [0.15, 0.2) is 34.5 Å². The number of likely N-dealkylation sites (N-methyl/N-ethyl adjacent to an activating group) is 1. The fraction of sp³-hybridized carbons (Fsp3) is 0.400. The number of nitrogens with one attached hydrogen (secondary N) is 1. The van der Waals surface area contributed by atoms with Crippen molar-refractivity contribution in [1.29, 1.82) is 0 Å². The van der Waals surface area contributed by atoms with Gasteiger partial charge in [0.15, 0.2) is 9.84 Å². The number of sulfone groups is 1. The van der Waals surface area contributed by atoms with Gasteiger partial charge in [-0.05, 0) is 35.1 Å². The van der Waals surface area contributed by atoms with Gasteiger partial charge in [-0.15, -0.1) is 11.3 Å². The average molecular weight is 435 g/mol. The van der Waals surface area contributed by atoms with E-state index in [1.54, 1.807) is 35.4 Å². The van der Waals surface area contributed by atoms with Gasteiger partial charge in [0, 0.05) is 30.6 Å². The zero-order chi connectivity index (χ0) is 20.8. The molecule has 0 bridgehead atoms. The van der Waals surface area contributed by atoms with E-state index in [1.807, 2.05) is 5.38 Å². The second-order valence-corrected chi connectivity index (χ2v) is 10.4. The molecule has 0 aliphatic carbocycles. The quantitative estimate of drug-likeness (QED) is 0.744. The predicted molar refractivity (Wildman–Crippen MR) is 110 cm³/mol. The van der Waals surface area contributed by atoms with E-state index in [-0.39, 0.29) is 22.4 Å². The number of likely N-dealkylation sites (tertiary alicyclic amines) is 1. The third-order valence-electron chi connectivity index (χ3n) is 5.48. The molecule has 1 aromatic heterocycles. The number of thiophene rings is 1. The van der Waals surface area contributed by atoms with Crippen LogP contribution in [0.3, 0.4) is 0 Å². The van der Waals surface area contributed by atoms with E-state index in [2.05, 4.69) is 5.32 Å². The molecular formula is C20H22N2O5S2. The van der Waals surface area contributed by atoms with Crippen LogP contribution < -0.4 is 5.32 Å². The van der Waals surface area contributed by atoms with Crippen molar-refractivity contribution in [3.63, 3.8) is 0 Å². The molecule has 0 unspecified atom stereocenters. The number of rotatable bonds is 4. The lowest BCUT2D eigenvalue weighted by Crippen LogP contribution is -2.33. The molecule has 0 spiro atoms. The number of carbonyl (C=O) groups is 2. The predicted octanol–water partition coefficient (Wildman–Crippen LogP) is 2.03. The lowest BCUT2D eigenvalue weighted by Gasteiger charge is -2.20. The van der Waals surface area contributed by atoms with Crippen molar-refractivity contribution in [3.8, 4) is 0 Å². The summed E-state index contributed by atoms with van der Waals surface area (Å²) in [5, 5.41) is 4.72. The minimum Gasteiger partial charge on any atom is -0.376 e. The highest BCUT2D eigenvalue weighted by Gasteiger charge is 2.45. The van der Waals surface area contributed by atoms with Crippen molar-refractivity contribution >= 4 is 38.7 Å². The Labute approximate surface area is 173 Å². The first-order chi connectivity index (χ1) is 13.8. The molecule has 29 heavy (non-hydrogen) atoms. The van der Waals surface area contributed by atoms with Crippen LogP contribution in [0.2, 0.25) is 0 Å². The molecule has 1 saturated heterocycles. The molecule has 0 radical (unpaired) electrons. The maximum atomic E-state index is 13.1. The molecule has 2 amide bonds. The number of fused-ring (bicyclic) bond motifs is 1. The maximum absolute atomic E-state index is 13.1. The van der Waals surface area contributed by atoms with Gasteiger partial charge in [0.05, 0.1) is 23.8 Å². The Balaban J connectivity index is 1.67. The first-order valence-corrected chi connectivity index (χ1v) is 12.1. The van der Waals surface area contributed by atoms with Crippen molar-refractivity contribution in [3.05, 3.63) is 45.6 Å². The molecule has 2 aliphatic heterocycles. The van der Waals surface area contributed by atoms with Gasteiger partial charge < -0.3 is 15.0 Å². The van der Waals surface area contributed by atoms with Gasteiger partial charge in [0.25, 0.3) is 0 Å². The Bertz CT molecular complexity index is 1080. The van der Waals surface area contributed by atoms with Gasteiger partial charge in [-0.25, -0.2) is 8.42 Å². The summed E-state index contributed by atoms with van der Waals surface area (Å²) in [6.45, 7) is 1.65. The number of ether oxygens (including phenoxy) is 1. The monoisotopic (exact) mass is 434 g/mol. The van der Waals surface area contributed by atoms with Crippen molar-refractivity contribution in [2.24, 2.45) is 5.92 Å². The number of amides is 2. The fourth-order valence-corrected chi connectivity index (χ4v) is 6.01. The number of benzene rings is 1. The van der Waals surface area contributed by atoms with Crippen molar-refractivity contribution in [2.75, 3.05) is 31.8 Å². The Kier molecular flexibility index (Phi) is 5.22. The van der Waals surface area contributed by atoms with E-state index >= 15 is 0 Å². The normalized spacial score (nSPS) is 21.9. The first kappa shape index (κ1) is 20.1. The maximum Gasteiger partial charge on any atom is 0.237 e. The van der Waals surface area contributed by atoms with Crippen LogP contribution in [-0.2, 0) is 37.2 Å². The van der Waals surface area contributed by atoms with Gasteiger partial charge in [-0.3, -0.25) is 9.59 Å². The number of anilines is 1. The zero-order valence-corrected chi connectivity index (χ0v) is 17.8. The molecule has 1 fully saturated rings. The van der Waals surface area contributed by atoms with E-state index in [0.29, 0.717) is 19.8 Å². The minimum absolute atomic E-state index is 0.0359. The number of nitrogens with zero attached hydrogens (tertiary/aromatic N) is 1. The van der Waals surface area contributed by atoms with E-state index in [4.69, 9.17) is 4.74 Å². The van der Waals surface area contributed by atoms with Gasteiger partial charge >= 0.3 is 0 Å². The lowest BCUT2D eigenvalue weighted by atomic mass is 9.85. The van der Waals surface area contributed by atoms with Crippen LogP contribution in [-0.4, -0.2) is 51.6 Å². The fourth-order valence-electron chi connectivity index (χ4n) is 4.07. The molecule has 2 aromatic rings. The van der Waals surface area contributed by atoms with E-state index in [0.717, 1.165) is 23.1 Å². The van der Waals surface area contributed by atoms with E-state index < -0.39 is 21.7 Å². The van der Waals surface area contributed by atoms with Crippen LogP contribution in [0, 0.1) is 5.92 Å². The molecule has 1 aromatic carbocycles. The summed E-state index contributed by atoms with van der Waals surface area (Å²) in [4.78, 5) is 28.7. The molecule has 3 heterocycles. The molecule has 1 N–H and O–H groups in total. The van der Waals surface area contributed by atoms with Gasteiger partial charge in [-0.1, -0.05) is 12.1 Å². The standard InChI is InChI=1S/C20H22N2O5S2/c1-22-9-13(14-11-28-16-10-27-8-7-12(14)16)18(20(22)24)19(23)21-15-5-3-4-6-17(15)29(2,25)26/h3-6,11,13,18H,7-10H2,1-2H3,(H,21,23)/t13-,18+/m1/s1. The second-order valence-electron chi connectivity index (χ2n) is 7.46. The molecule has 4 rings (SSSR count). The number of hydrogen-bond donors (Lipinski definition) is 1. The molecular weight excluding hydrogens is 412 g/mol. The molecule has 9 heteroatoms. The summed E-state index contributed by atoms with van der Waals surface area (Å²) in [6, 6.07) is 6.24. The summed E-state index contributed by atoms with van der Waals surface area (Å²) in [5.74, 6) is -1.89. The SMILES string of the molecule is CN1C[C@H](c2csc3c2CCOC3)[C@@H](C(=O)Nc2ccccc2S(C)(=O)=O)C1=O. The van der Waals surface area contributed by atoms with Gasteiger partial charge in [0.2, 0.25) is 11.8 Å². The van der Waals surface area contributed by atoms with Crippen LogP contribution in [0.4, 0.5) is 5.69 Å². The largest absolute Gasteiger partial charge is 0.376 e. The van der Waals surface area contributed by atoms with E-state index in [1.165, 1.54) is 17.7 Å². The smallest absolute Gasteiger partial charge is 0.237 e. The minimum atomic E-state index is -3.52. The molecule has 154 valence electrons. The molecule has 2 aliphatic rings. The first-order valence-electron chi connectivity index (χ1n) is 9.29. The Morgan fingerprint density at radius 1 is 1.31 bits per heavy atom. The Morgan fingerprint density at radius 3 is 2.83 bits per heavy atom. The van der Waals surface area contributed by atoms with Crippen molar-refractivity contribution < 1.29 is 22.7 Å². The highest BCUT2D eigenvalue weighted by Crippen LogP contribution is 2.40. The highest BCUT2D eigenvalue weighted by molar-refractivity contribution is 7.90. The lowest BCUT2D eigenvalue weighted by molar-refractivity contribution is -0.135. The summed E-state index contributed by atoms with van der Waals surface area (Å²) in [5.41, 5.74) is 2.41. The van der Waals surface area contributed by atoms with Crippen LogP contribution >= 0.6 is 11.3 Å². The summed E-state index contributed by atoms with van der Waals surface area (Å²) in [7, 11) is -1.83. The second kappa shape index (κ2) is 7.55. The van der Waals surface area contributed by atoms with E-state index in [9.17, 15) is 18.0 Å². The van der Waals surface area contributed by atoms with Crippen LogP contribution in [0.1, 0.15) is 21.9 Å². The summed E-state index contributed by atoms with van der Waals surface area (Å²) >= 11 is 1.60. The Morgan fingerprint density at radius 2 is 2.07 bits per heavy atom. The number of carbonyl (C=O) groups excluding carboxylic acids is 2. The summed E-state index contributed by atoms with van der Waals surface area (Å²) < 4.78 is 29.6. The third-order valence-corrected chi connectivity index (χ3v) is 7.66. The summed E-state index contributed by atoms with van der Waals surface area (Å²) in [6.07, 6.45) is 1.86. The van der Waals surface area contributed by atoms with Crippen LogP contribution in [0.5, 0.6) is 0 Å². The number of hydrogen-bond acceptors (Lipinski definition) is 6. The third kappa shape index (κ3) is 3.70. The topological polar surface area (TPSA) is 92.8 Å². The molecule has 2 atom stereocenters. The van der Waals surface area contributed by atoms with Gasteiger partial charge in [-0.2, -0.15) is 0 Å². The zero-order valence-electron chi connectivity index (χ0n) is 16.2. The molecule has 7 nitrogen and oxygen atoms in total. The molecule has 0 saturated carbocycles. The number of para-hydroxylation sites is 1. The average Bonchev–Trinajstić information content (AvgIpc) is 3.22. The van der Waals surface area contributed by atoms with Crippen molar-refractivity contribution in [2.45, 2.75) is 23.8 Å². The van der Waals surface area contributed by atoms with Crippen LogP contribution in [0.25, 0.3) is 0 Å².